The van der Waals surface area contributed by atoms with Gasteiger partial charge in [0.2, 0.25) is 5.82 Å². The van der Waals surface area contributed by atoms with E-state index in [9.17, 15) is 4.79 Å². The molecule has 34 heavy (non-hydrogen) atoms. The second kappa shape index (κ2) is 10.8. The molecular weight excluding hydrogens is 454 g/mol. The van der Waals surface area contributed by atoms with Crippen LogP contribution in [0.2, 0.25) is 5.02 Å². The number of nitrogens with one attached hydrogen (secondary N) is 1. The summed E-state index contributed by atoms with van der Waals surface area (Å²) in [5.41, 5.74) is 5.28. The lowest BCUT2D eigenvalue weighted by Gasteiger charge is -2.11. The van der Waals surface area contributed by atoms with E-state index in [-0.39, 0.29) is 18.6 Å². The normalized spacial score (nSPS) is 12.6. The number of halogens is 1. The Morgan fingerprint density at radius 3 is 2.82 bits per heavy atom. The Morgan fingerprint density at radius 2 is 2.06 bits per heavy atom. The van der Waals surface area contributed by atoms with Crippen LogP contribution in [0.1, 0.15) is 38.3 Å². The first kappa shape index (κ1) is 24.0. The highest BCUT2D eigenvalue weighted by Gasteiger charge is 2.21. The zero-order chi connectivity index (χ0) is 24.1. The summed E-state index contributed by atoms with van der Waals surface area (Å²) < 4.78 is 16.2. The number of benzene rings is 2. The van der Waals surface area contributed by atoms with Crippen LogP contribution in [0, 0.1) is 0 Å². The van der Waals surface area contributed by atoms with Crippen molar-refractivity contribution in [2.24, 2.45) is 0 Å². The van der Waals surface area contributed by atoms with Crippen LogP contribution >= 0.6 is 11.6 Å². The third-order valence-electron chi connectivity index (χ3n) is 5.43. The van der Waals surface area contributed by atoms with Gasteiger partial charge in [0, 0.05) is 11.1 Å². The molecule has 0 aliphatic heterocycles. The second-order valence-corrected chi connectivity index (χ2v) is 8.64. The molecule has 4 rings (SSSR count). The van der Waals surface area contributed by atoms with Crippen molar-refractivity contribution in [2.45, 2.75) is 39.7 Å². The van der Waals surface area contributed by atoms with E-state index in [0.717, 1.165) is 24.0 Å². The average molecular weight is 482 g/mol. The maximum Gasteiger partial charge on any atom is 0.319 e. The molecule has 7 nitrogen and oxygen atoms in total. The predicted molar refractivity (Wildman–Crippen MR) is 132 cm³/mol. The molecule has 0 amide bonds. The second-order valence-electron chi connectivity index (χ2n) is 8.23. The molecule has 3 aromatic rings. The molecule has 0 saturated heterocycles. The van der Waals surface area contributed by atoms with Crippen LogP contribution in [0.5, 0.6) is 5.75 Å². The van der Waals surface area contributed by atoms with Gasteiger partial charge in [-0.05, 0) is 75.1 Å². The number of hydrogen-bond donors (Lipinski definition) is 1. The summed E-state index contributed by atoms with van der Waals surface area (Å²) in [5.74, 6) is 1.33. The number of carbonyl (C=O) groups excluding carboxylic acids is 1. The van der Waals surface area contributed by atoms with E-state index < -0.39 is 0 Å². The Morgan fingerprint density at radius 1 is 1.24 bits per heavy atom. The van der Waals surface area contributed by atoms with Gasteiger partial charge in [0.25, 0.3) is 5.89 Å². The van der Waals surface area contributed by atoms with Crippen LogP contribution in [-0.2, 0) is 16.0 Å². The van der Waals surface area contributed by atoms with Gasteiger partial charge in [0.15, 0.2) is 0 Å². The number of allylic oxidation sites excluding steroid dienone is 1. The average Bonchev–Trinajstić information content (AvgIpc) is 3.46. The molecule has 0 fully saturated rings. The molecular formula is C26H28ClN3O4. The minimum Gasteiger partial charge on any atom is -0.489 e. The Labute approximate surface area is 204 Å². The lowest BCUT2D eigenvalue weighted by Crippen LogP contribution is -2.25. The standard InChI is InChI=1S/C26H28ClN3O4/c1-4-32-24(31)15-28-13-12-17-8-10-20-19(17)6-5-7-21(20)25-29-26(34-30-25)18-9-11-23(22(27)14-18)33-16(2)3/h5-9,11,14,16,28H,4,10,12-13,15H2,1-3H3. The molecule has 0 atom stereocenters. The summed E-state index contributed by atoms with van der Waals surface area (Å²) in [6.07, 6.45) is 3.87. The molecule has 0 saturated carbocycles. The Hall–Kier alpha value is -3.16. The monoisotopic (exact) mass is 481 g/mol. The van der Waals surface area contributed by atoms with Gasteiger partial charge in [0.05, 0.1) is 24.3 Å². The quantitative estimate of drug-likeness (QED) is 0.309. The smallest absolute Gasteiger partial charge is 0.319 e. The van der Waals surface area contributed by atoms with E-state index in [1.54, 1.807) is 13.0 Å². The Bertz CT molecular complexity index is 1200. The predicted octanol–water partition coefficient (Wildman–Crippen LogP) is 5.33. The molecule has 0 bridgehead atoms. The maximum absolute atomic E-state index is 11.5. The van der Waals surface area contributed by atoms with Crippen molar-refractivity contribution in [3.05, 3.63) is 58.6 Å². The largest absolute Gasteiger partial charge is 0.489 e. The number of aromatic nitrogens is 2. The number of carbonyl (C=O) groups is 1. The first-order chi connectivity index (χ1) is 16.5. The molecule has 2 aromatic carbocycles. The van der Waals surface area contributed by atoms with Gasteiger partial charge in [-0.15, -0.1) is 0 Å². The van der Waals surface area contributed by atoms with Crippen molar-refractivity contribution < 1.29 is 18.8 Å². The minimum absolute atomic E-state index is 0.0328. The van der Waals surface area contributed by atoms with E-state index in [4.69, 9.17) is 25.6 Å². The maximum atomic E-state index is 11.5. The summed E-state index contributed by atoms with van der Waals surface area (Å²) in [6.45, 7) is 7.01. The number of fused-ring (bicyclic) bond motifs is 1. The topological polar surface area (TPSA) is 86.5 Å². The summed E-state index contributed by atoms with van der Waals surface area (Å²) in [6, 6.07) is 11.6. The van der Waals surface area contributed by atoms with Gasteiger partial charge >= 0.3 is 5.97 Å². The first-order valence-corrected chi connectivity index (χ1v) is 11.8. The summed E-state index contributed by atoms with van der Waals surface area (Å²) >= 11 is 6.37. The third kappa shape index (κ3) is 5.48. The van der Waals surface area contributed by atoms with Crippen molar-refractivity contribution in [1.29, 1.82) is 0 Å². The molecule has 1 heterocycles. The molecule has 1 N–H and O–H groups in total. The summed E-state index contributed by atoms with van der Waals surface area (Å²) in [4.78, 5) is 16.1. The fourth-order valence-electron chi connectivity index (χ4n) is 3.95. The van der Waals surface area contributed by atoms with Crippen molar-refractivity contribution in [2.75, 3.05) is 19.7 Å². The Balaban J connectivity index is 1.46. The van der Waals surface area contributed by atoms with E-state index in [1.807, 2.05) is 38.1 Å². The van der Waals surface area contributed by atoms with Crippen LogP contribution in [0.15, 0.2) is 47.0 Å². The van der Waals surface area contributed by atoms with E-state index in [0.29, 0.717) is 35.6 Å². The van der Waals surface area contributed by atoms with Crippen LogP contribution in [0.25, 0.3) is 28.4 Å². The Kier molecular flexibility index (Phi) is 7.65. The number of hydrogen-bond acceptors (Lipinski definition) is 7. The lowest BCUT2D eigenvalue weighted by molar-refractivity contribution is -0.141. The van der Waals surface area contributed by atoms with Gasteiger partial charge in [-0.1, -0.05) is 41.0 Å². The zero-order valence-electron chi connectivity index (χ0n) is 19.6. The van der Waals surface area contributed by atoms with Crippen molar-refractivity contribution in [1.82, 2.24) is 15.5 Å². The number of rotatable bonds is 10. The van der Waals surface area contributed by atoms with Gasteiger partial charge in [-0.2, -0.15) is 4.98 Å². The van der Waals surface area contributed by atoms with E-state index >= 15 is 0 Å². The molecule has 0 radical (unpaired) electrons. The van der Waals surface area contributed by atoms with Crippen molar-refractivity contribution in [3.8, 4) is 28.6 Å². The van der Waals surface area contributed by atoms with Gasteiger partial charge in [-0.25, -0.2) is 0 Å². The van der Waals surface area contributed by atoms with Crippen LogP contribution < -0.4 is 10.1 Å². The summed E-state index contributed by atoms with van der Waals surface area (Å²) in [7, 11) is 0. The fourth-order valence-corrected chi connectivity index (χ4v) is 4.17. The lowest BCUT2D eigenvalue weighted by atomic mass is 9.98. The van der Waals surface area contributed by atoms with Crippen molar-refractivity contribution >= 4 is 23.1 Å². The van der Waals surface area contributed by atoms with Crippen LogP contribution in [0.4, 0.5) is 0 Å². The minimum atomic E-state index is -0.234. The molecule has 0 spiro atoms. The van der Waals surface area contributed by atoms with Gasteiger partial charge in [0.1, 0.15) is 5.75 Å². The SMILES string of the molecule is CCOC(=O)CNCCC1=CCc2c1cccc2-c1noc(-c2ccc(OC(C)C)c(Cl)c2)n1. The molecule has 1 aromatic heterocycles. The number of esters is 1. The van der Waals surface area contributed by atoms with Crippen molar-refractivity contribution in [3.63, 3.8) is 0 Å². The number of nitrogens with zero attached hydrogens (tertiary/aromatic N) is 2. The third-order valence-corrected chi connectivity index (χ3v) is 5.72. The van der Waals surface area contributed by atoms with Crippen LogP contribution in [-0.4, -0.2) is 41.9 Å². The van der Waals surface area contributed by atoms with Gasteiger partial charge in [-0.3, -0.25) is 4.79 Å². The van der Waals surface area contributed by atoms with E-state index in [1.165, 1.54) is 16.7 Å². The number of ether oxygens (including phenoxy) is 2. The summed E-state index contributed by atoms with van der Waals surface area (Å²) in [5, 5.41) is 7.87. The molecule has 1 aliphatic rings. The fraction of sp³-hybridized carbons (Fsp3) is 0.346. The van der Waals surface area contributed by atoms with Crippen LogP contribution in [0.3, 0.4) is 0 Å². The highest BCUT2D eigenvalue weighted by molar-refractivity contribution is 6.32. The highest BCUT2D eigenvalue weighted by Crippen LogP contribution is 2.36. The molecule has 1 aliphatic carbocycles. The van der Waals surface area contributed by atoms with E-state index in [2.05, 4.69) is 27.6 Å². The van der Waals surface area contributed by atoms with Gasteiger partial charge < -0.3 is 19.3 Å². The molecule has 178 valence electrons. The molecule has 0 unspecified atom stereocenters. The highest BCUT2D eigenvalue weighted by atomic mass is 35.5. The first-order valence-electron chi connectivity index (χ1n) is 11.4. The zero-order valence-corrected chi connectivity index (χ0v) is 20.3. The molecule has 8 heteroatoms.